The van der Waals surface area contributed by atoms with E-state index in [1.165, 1.54) is 12.8 Å². The van der Waals surface area contributed by atoms with Crippen LogP contribution in [0.2, 0.25) is 0 Å². The second-order valence-electron chi connectivity index (χ2n) is 7.12. The molecule has 1 aromatic rings. The SMILES string of the molecule is CC1CCC(C(C)C)C(OCC(=O)Nc2ccc(CN)cc2)C1.Cl. The van der Waals surface area contributed by atoms with Crippen molar-refractivity contribution in [3.05, 3.63) is 29.8 Å². The van der Waals surface area contributed by atoms with Gasteiger partial charge >= 0.3 is 0 Å². The van der Waals surface area contributed by atoms with Crippen LogP contribution in [0.15, 0.2) is 24.3 Å². The number of hydrogen-bond donors (Lipinski definition) is 2. The van der Waals surface area contributed by atoms with Crippen molar-refractivity contribution in [2.75, 3.05) is 11.9 Å². The first kappa shape index (κ1) is 20.9. The summed E-state index contributed by atoms with van der Waals surface area (Å²) in [6.07, 6.45) is 3.72. The minimum Gasteiger partial charge on any atom is -0.368 e. The first-order chi connectivity index (χ1) is 11.0. The Kier molecular flexibility index (Phi) is 8.74. The second-order valence-corrected chi connectivity index (χ2v) is 7.12. The zero-order valence-corrected chi connectivity index (χ0v) is 15.8. The molecular formula is C19H31ClN2O2. The van der Waals surface area contributed by atoms with Gasteiger partial charge in [-0.1, -0.05) is 39.3 Å². The molecule has 3 N–H and O–H groups in total. The third-order valence-electron chi connectivity index (χ3n) is 4.86. The summed E-state index contributed by atoms with van der Waals surface area (Å²) in [5.74, 6) is 1.75. The van der Waals surface area contributed by atoms with Gasteiger partial charge in [-0.3, -0.25) is 4.79 Å². The Balaban J connectivity index is 0.00000288. The molecule has 0 aliphatic heterocycles. The van der Waals surface area contributed by atoms with Gasteiger partial charge in [-0.25, -0.2) is 0 Å². The fourth-order valence-electron chi connectivity index (χ4n) is 3.41. The molecule has 1 aliphatic carbocycles. The Morgan fingerprint density at radius 2 is 1.96 bits per heavy atom. The molecular weight excluding hydrogens is 324 g/mol. The standard InChI is InChI=1S/C19H30N2O2.ClH/c1-13(2)17-9-4-14(3)10-18(17)23-12-19(22)21-16-7-5-15(11-20)6-8-16;/h5-8,13-14,17-18H,4,9-12,20H2,1-3H3,(H,21,22);1H. The van der Waals surface area contributed by atoms with Crippen LogP contribution < -0.4 is 11.1 Å². The van der Waals surface area contributed by atoms with Crippen LogP contribution in [-0.2, 0) is 16.1 Å². The molecule has 0 bridgehead atoms. The number of halogens is 1. The van der Waals surface area contributed by atoms with Gasteiger partial charge in [0, 0.05) is 12.2 Å². The number of benzene rings is 1. The van der Waals surface area contributed by atoms with Crippen LogP contribution in [0.25, 0.3) is 0 Å². The maximum Gasteiger partial charge on any atom is 0.250 e. The predicted molar refractivity (Wildman–Crippen MR) is 101 cm³/mol. The predicted octanol–water partition coefficient (Wildman–Crippen LogP) is 3.98. The second kappa shape index (κ2) is 10.0. The zero-order chi connectivity index (χ0) is 16.8. The van der Waals surface area contributed by atoms with E-state index in [1.807, 2.05) is 24.3 Å². The van der Waals surface area contributed by atoms with E-state index in [1.54, 1.807) is 0 Å². The van der Waals surface area contributed by atoms with Crippen molar-refractivity contribution in [2.24, 2.45) is 23.5 Å². The number of anilines is 1. The summed E-state index contributed by atoms with van der Waals surface area (Å²) in [5.41, 5.74) is 7.41. The molecule has 1 amide bonds. The zero-order valence-electron chi connectivity index (χ0n) is 15.0. The van der Waals surface area contributed by atoms with E-state index in [0.29, 0.717) is 24.3 Å². The summed E-state index contributed by atoms with van der Waals surface area (Å²) in [7, 11) is 0. The Morgan fingerprint density at radius 1 is 1.29 bits per heavy atom. The van der Waals surface area contributed by atoms with E-state index >= 15 is 0 Å². The summed E-state index contributed by atoms with van der Waals surface area (Å²) in [6.45, 7) is 7.39. The van der Waals surface area contributed by atoms with Crippen LogP contribution in [0.5, 0.6) is 0 Å². The number of nitrogens with two attached hydrogens (primary N) is 1. The summed E-state index contributed by atoms with van der Waals surface area (Å²) in [5, 5.41) is 2.88. The molecule has 0 spiro atoms. The van der Waals surface area contributed by atoms with Gasteiger partial charge in [0.1, 0.15) is 6.61 Å². The van der Waals surface area contributed by atoms with E-state index in [0.717, 1.165) is 17.7 Å². The van der Waals surface area contributed by atoms with Crippen molar-refractivity contribution in [1.82, 2.24) is 0 Å². The molecule has 1 fully saturated rings. The molecule has 1 saturated carbocycles. The van der Waals surface area contributed by atoms with Crippen molar-refractivity contribution in [1.29, 1.82) is 0 Å². The van der Waals surface area contributed by atoms with Crippen molar-refractivity contribution < 1.29 is 9.53 Å². The topological polar surface area (TPSA) is 64.3 Å². The summed E-state index contributed by atoms with van der Waals surface area (Å²) >= 11 is 0. The first-order valence-electron chi connectivity index (χ1n) is 8.70. The number of amides is 1. The fraction of sp³-hybridized carbons (Fsp3) is 0.632. The third kappa shape index (κ3) is 6.08. The highest BCUT2D eigenvalue weighted by Gasteiger charge is 2.31. The monoisotopic (exact) mass is 354 g/mol. The van der Waals surface area contributed by atoms with Crippen LogP contribution in [0.4, 0.5) is 5.69 Å². The van der Waals surface area contributed by atoms with Gasteiger partial charge in [0.25, 0.3) is 0 Å². The van der Waals surface area contributed by atoms with E-state index in [9.17, 15) is 4.79 Å². The highest BCUT2D eigenvalue weighted by molar-refractivity contribution is 5.91. The largest absolute Gasteiger partial charge is 0.368 e. The van der Waals surface area contributed by atoms with Gasteiger partial charge in [-0.05, 0) is 48.3 Å². The molecule has 0 heterocycles. The van der Waals surface area contributed by atoms with Crippen LogP contribution in [-0.4, -0.2) is 18.6 Å². The van der Waals surface area contributed by atoms with Gasteiger partial charge in [0.05, 0.1) is 6.10 Å². The lowest BCUT2D eigenvalue weighted by molar-refractivity contribution is -0.126. The summed E-state index contributed by atoms with van der Waals surface area (Å²) < 4.78 is 5.97. The molecule has 3 atom stereocenters. The molecule has 5 heteroatoms. The molecule has 1 aliphatic rings. The van der Waals surface area contributed by atoms with Crippen LogP contribution in [0, 0.1) is 17.8 Å². The van der Waals surface area contributed by atoms with Gasteiger partial charge in [-0.2, -0.15) is 0 Å². The van der Waals surface area contributed by atoms with Gasteiger partial charge in [0.2, 0.25) is 5.91 Å². The Labute approximate surface area is 151 Å². The van der Waals surface area contributed by atoms with Crippen molar-refractivity contribution in [3.63, 3.8) is 0 Å². The van der Waals surface area contributed by atoms with Gasteiger partial charge in [0.15, 0.2) is 0 Å². The van der Waals surface area contributed by atoms with E-state index in [2.05, 4.69) is 26.1 Å². The molecule has 0 aromatic heterocycles. The lowest BCUT2D eigenvalue weighted by Crippen LogP contribution is -2.36. The molecule has 0 radical (unpaired) electrons. The molecule has 3 unspecified atom stereocenters. The molecule has 24 heavy (non-hydrogen) atoms. The minimum absolute atomic E-state index is 0. The van der Waals surface area contributed by atoms with E-state index in [4.69, 9.17) is 10.5 Å². The average Bonchev–Trinajstić information content (AvgIpc) is 2.53. The van der Waals surface area contributed by atoms with Crippen molar-refractivity contribution >= 4 is 24.0 Å². The third-order valence-corrected chi connectivity index (χ3v) is 4.86. The fourth-order valence-corrected chi connectivity index (χ4v) is 3.41. The molecule has 2 rings (SSSR count). The molecule has 1 aromatic carbocycles. The molecule has 0 saturated heterocycles. The lowest BCUT2D eigenvalue weighted by Gasteiger charge is -2.37. The summed E-state index contributed by atoms with van der Waals surface area (Å²) in [4.78, 5) is 12.1. The number of nitrogens with one attached hydrogen (secondary N) is 1. The number of rotatable bonds is 6. The van der Waals surface area contributed by atoms with E-state index in [-0.39, 0.29) is 31.0 Å². The number of ether oxygens (including phenoxy) is 1. The highest BCUT2D eigenvalue weighted by Crippen LogP contribution is 2.35. The summed E-state index contributed by atoms with van der Waals surface area (Å²) in [6, 6.07) is 7.60. The Hall–Kier alpha value is -1.10. The quantitative estimate of drug-likeness (QED) is 0.812. The Bertz CT molecular complexity index is 505. The number of hydrogen-bond acceptors (Lipinski definition) is 3. The van der Waals surface area contributed by atoms with Gasteiger partial charge in [-0.15, -0.1) is 12.4 Å². The maximum atomic E-state index is 12.1. The number of carbonyl (C=O) groups excluding carboxylic acids is 1. The van der Waals surface area contributed by atoms with Crippen LogP contribution >= 0.6 is 12.4 Å². The normalized spacial score (nSPS) is 23.6. The van der Waals surface area contributed by atoms with Crippen molar-refractivity contribution in [3.8, 4) is 0 Å². The van der Waals surface area contributed by atoms with E-state index < -0.39 is 0 Å². The molecule has 136 valence electrons. The highest BCUT2D eigenvalue weighted by atomic mass is 35.5. The van der Waals surface area contributed by atoms with Crippen LogP contribution in [0.3, 0.4) is 0 Å². The maximum absolute atomic E-state index is 12.1. The number of carbonyl (C=O) groups is 1. The van der Waals surface area contributed by atoms with Crippen molar-refractivity contribution in [2.45, 2.75) is 52.7 Å². The Morgan fingerprint density at radius 3 is 2.54 bits per heavy atom. The van der Waals surface area contributed by atoms with Crippen LogP contribution in [0.1, 0.15) is 45.6 Å². The molecule has 4 nitrogen and oxygen atoms in total. The lowest BCUT2D eigenvalue weighted by atomic mass is 9.75. The first-order valence-corrected chi connectivity index (χ1v) is 8.70. The smallest absolute Gasteiger partial charge is 0.250 e. The van der Waals surface area contributed by atoms with Gasteiger partial charge < -0.3 is 15.8 Å². The average molecular weight is 355 g/mol. The minimum atomic E-state index is -0.0915.